The SMILES string of the molecule is Cn1[c-]nccc1=O.[W]. The summed E-state index contributed by atoms with van der Waals surface area (Å²) in [7, 11) is 1.61. The topological polar surface area (TPSA) is 34.9 Å². The van der Waals surface area contributed by atoms with Crippen LogP contribution in [0.25, 0.3) is 0 Å². The van der Waals surface area contributed by atoms with Gasteiger partial charge < -0.3 is 14.3 Å². The molecule has 48 valence electrons. The Morgan fingerprint density at radius 2 is 2.44 bits per heavy atom. The van der Waals surface area contributed by atoms with E-state index in [4.69, 9.17) is 0 Å². The van der Waals surface area contributed by atoms with E-state index in [1.54, 1.807) is 7.05 Å². The van der Waals surface area contributed by atoms with Gasteiger partial charge in [0.1, 0.15) is 5.56 Å². The Hall–Kier alpha value is -0.432. The first-order valence-corrected chi connectivity index (χ1v) is 2.20. The summed E-state index contributed by atoms with van der Waals surface area (Å²) in [5.41, 5.74) is -0.0833. The van der Waals surface area contributed by atoms with Crippen molar-refractivity contribution in [2.45, 2.75) is 0 Å². The standard InChI is InChI=1S/C5H5N2O.W/c1-7-4-6-3-2-5(7)8;/h2-3H,1H3;/q-1;. The van der Waals surface area contributed by atoms with Gasteiger partial charge in [0.25, 0.3) is 0 Å². The van der Waals surface area contributed by atoms with E-state index in [2.05, 4.69) is 11.3 Å². The number of rotatable bonds is 0. The van der Waals surface area contributed by atoms with Crippen molar-refractivity contribution in [2.24, 2.45) is 7.05 Å². The third kappa shape index (κ3) is 2.10. The van der Waals surface area contributed by atoms with Crippen LogP contribution in [-0.2, 0) is 28.1 Å². The monoisotopic (exact) mass is 293 g/mol. The largest absolute Gasteiger partial charge is 0.410 e. The Balaban J connectivity index is 0.000000640. The summed E-state index contributed by atoms with van der Waals surface area (Å²) in [4.78, 5) is 14.1. The van der Waals surface area contributed by atoms with Crippen LogP contribution in [0.5, 0.6) is 0 Å². The molecule has 0 aliphatic rings. The van der Waals surface area contributed by atoms with E-state index < -0.39 is 0 Å². The first kappa shape index (κ1) is 8.57. The molecule has 0 fully saturated rings. The zero-order valence-corrected chi connectivity index (χ0v) is 7.80. The minimum atomic E-state index is -0.0833. The van der Waals surface area contributed by atoms with Gasteiger partial charge in [0, 0.05) is 27.4 Å². The third-order valence-electron chi connectivity index (χ3n) is 0.830. The molecule has 0 aliphatic carbocycles. The van der Waals surface area contributed by atoms with Crippen molar-refractivity contribution >= 4 is 0 Å². The van der Waals surface area contributed by atoms with Crippen LogP contribution in [0.15, 0.2) is 17.1 Å². The van der Waals surface area contributed by atoms with Gasteiger partial charge in [-0.05, 0) is 7.05 Å². The molecule has 0 spiro atoms. The van der Waals surface area contributed by atoms with E-state index in [0.717, 1.165) is 0 Å². The first-order valence-electron chi connectivity index (χ1n) is 2.20. The van der Waals surface area contributed by atoms with E-state index in [9.17, 15) is 4.79 Å². The summed E-state index contributed by atoms with van der Waals surface area (Å²) < 4.78 is 1.29. The zero-order chi connectivity index (χ0) is 5.98. The van der Waals surface area contributed by atoms with Crippen molar-refractivity contribution in [3.63, 3.8) is 0 Å². The average molecular weight is 293 g/mol. The second kappa shape index (κ2) is 3.57. The third-order valence-corrected chi connectivity index (χ3v) is 0.830. The van der Waals surface area contributed by atoms with Crippen LogP contribution in [-0.4, -0.2) is 9.55 Å². The van der Waals surface area contributed by atoms with Gasteiger partial charge in [-0.2, -0.15) is 0 Å². The zero-order valence-electron chi connectivity index (χ0n) is 4.87. The summed E-state index contributed by atoms with van der Waals surface area (Å²) in [6.07, 6.45) is 3.87. The maximum absolute atomic E-state index is 10.5. The normalized spacial score (nSPS) is 8.11. The number of hydrogen-bond acceptors (Lipinski definition) is 2. The maximum Gasteiger partial charge on any atom is 0.138 e. The Morgan fingerprint density at radius 1 is 1.78 bits per heavy atom. The fourth-order valence-electron chi connectivity index (χ4n) is 0.382. The van der Waals surface area contributed by atoms with Crippen LogP contribution < -0.4 is 5.56 Å². The van der Waals surface area contributed by atoms with Crippen LogP contribution in [0.2, 0.25) is 0 Å². The molecule has 0 amide bonds. The van der Waals surface area contributed by atoms with Gasteiger partial charge in [-0.3, -0.25) is 0 Å². The van der Waals surface area contributed by atoms with Crippen molar-refractivity contribution < 1.29 is 21.1 Å². The molecule has 0 bridgehead atoms. The van der Waals surface area contributed by atoms with Gasteiger partial charge in [0.15, 0.2) is 0 Å². The quantitative estimate of drug-likeness (QED) is 0.609. The molecule has 0 saturated heterocycles. The Morgan fingerprint density at radius 3 is 2.78 bits per heavy atom. The van der Waals surface area contributed by atoms with Gasteiger partial charge in [0.05, 0.1) is 0 Å². The van der Waals surface area contributed by atoms with Crippen LogP contribution in [0.3, 0.4) is 0 Å². The predicted octanol–water partition coefficient (Wildman–Crippen LogP) is -0.422. The predicted molar refractivity (Wildman–Crippen MR) is 28.3 cm³/mol. The van der Waals surface area contributed by atoms with Crippen molar-refractivity contribution in [1.29, 1.82) is 0 Å². The second-order valence-electron chi connectivity index (χ2n) is 1.44. The van der Waals surface area contributed by atoms with Crippen molar-refractivity contribution in [3.05, 3.63) is 28.9 Å². The molecule has 3 nitrogen and oxygen atoms in total. The molecule has 0 unspecified atom stereocenters. The summed E-state index contributed by atoms with van der Waals surface area (Å²) in [5, 5.41) is 0. The van der Waals surface area contributed by atoms with Gasteiger partial charge in [0.2, 0.25) is 0 Å². The Labute approximate surface area is 67.0 Å². The molecule has 1 aromatic heterocycles. The summed E-state index contributed by atoms with van der Waals surface area (Å²) in [6, 6.07) is 1.39. The molecule has 0 radical (unpaired) electrons. The molecule has 1 aromatic rings. The van der Waals surface area contributed by atoms with Crippen LogP contribution in [0, 0.1) is 6.33 Å². The minimum absolute atomic E-state index is 0. The molecule has 0 atom stereocenters. The van der Waals surface area contributed by atoms with E-state index in [0.29, 0.717) is 0 Å². The van der Waals surface area contributed by atoms with E-state index in [1.807, 2.05) is 0 Å². The van der Waals surface area contributed by atoms with Crippen LogP contribution in [0.1, 0.15) is 0 Å². The first-order chi connectivity index (χ1) is 3.80. The molecule has 1 heterocycles. The number of hydrogen-bond donors (Lipinski definition) is 0. The van der Waals surface area contributed by atoms with Crippen LogP contribution >= 0.6 is 0 Å². The summed E-state index contributed by atoms with van der Waals surface area (Å²) in [5.74, 6) is 0. The fraction of sp³-hybridized carbons (Fsp3) is 0.200. The van der Waals surface area contributed by atoms with Gasteiger partial charge in [-0.1, -0.05) is 12.3 Å². The average Bonchev–Trinajstić information content (AvgIpc) is 1.77. The molecular formula is C5H5N2OW-. The van der Waals surface area contributed by atoms with E-state index >= 15 is 0 Å². The molecule has 9 heavy (non-hydrogen) atoms. The molecule has 1 rings (SSSR count). The van der Waals surface area contributed by atoms with E-state index in [-0.39, 0.29) is 26.6 Å². The number of aromatic nitrogens is 2. The molecule has 0 aromatic carbocycles. The molecule has 0 N–H and O–H groups in total. The summed E-state index contributed by atoms with van der Waals surface area (Å²) in [6.45, 7) is 0. The molecule has 4 heteroatoms. The van der Waals surface area contributed by atoms with E-state index in [1.165, 1.54) is 16.8 Å². The number of aryl methyl sites for hydroxylation is 1. The maximum atomic E-state index is 10.5. The van der Waals surface area contributed by atoms with Crippen LogP contribution in [0.4, 0.5) is 0 Å². The van der Waals surface area contributed by atoms with Crippen molar-refractivity contribution in [2.75, 3.05) is 0 Å². The molecule has 0 aliphatic heterocycles. The minimum Gasteiger partial charge on any atom is -0.410 e. The van der Waals surface area contributed by atoms with Gasteiger partial charge >= 0.3 is 0 Å². The second-order valence-corrected chi connectivity index (χ2v) is 1.44. The summed E-state index contributed by atoms with van der Waals surface area (Å²) >= 11 is 0. The smallest absolute Gasteiger partial charge is 0.138 e. The Bertz CT molecular complexity index is 232. The fourth-order valence-corrected chi connectivity index (χ4v) is 0.382. The Kier molecular flexibility index (Phi) is 3.40. The number of nitrogens with zero attached hydrogens (tertiary/aromatic N) is 2. The van der Waals surface area contributed by atoms with Crippen molar-refractivity contribution in [3.8, 4) is 0 Å². The molecule has 0 saturated carbocycles. The van der Waals surface area contributed by atoms with Gasteiger partial charge in [-0.25, -0.2) is 0 Å². The molecular weight excluding hydrogens is 288 g/mol. The van der Waals surface area contributed by atoms with Crippen molar-refractivity contribution in [1.82, 2.24) is 9.55 Å². The van der Waals surface area contributed by atoms with Gasteiger partial charge in [-0.15, -0.1) is 0 Å².